The van der Waals surface area contributed by atoms with Crippen LogP contribution in [0.3, 0.4) is 0 Å². The van der Waals surface area contributed by atoms with E-state index in [1.54, 1.807) is 30.5 Å². The number of nitriles is 2. The molecular formula is C17H9N3O. The Morgan fingerprint density at radius 1 is 0.857 bits per heavy atom. The summed E-state index contributed by atoms with van der Waals surface area (Å²) in [5.74, 6) is 0.972. The van der Waals surface area contributed by atoms with Crippen molar-refractivity contribution in [3.8, 4) is 23.6 Å². The predicted molar refractivity (Wildman–Crippen MR) is 77.7 cm³/mol. The Morgan fingerprint density at radius 3 is 2.52 bits per heavy atom. The molecule has 4 nitrogen and oxygen atoms in total. The van der Waals surface area contributed by atoms with Gasteiger partial charge in [0, 0.05) is 11.6 Å². The Bertz CT molecular complexity index is 899. The Labute approximate surface area is 121 Å². The lowest BCUT2D eigenvalue weighted by Gasteiger charge is -2.10. The number of hydrogen-bond acceptors (Lipinski definition) is 4. The number of aromatic nitrogens is 1. The van der Waals surface area contributed by atoms with Gasteiger partial charge in [-0.25, -0.2) is 0 Å². The van der Waals surface area contributed by atoms with Crippen LogP contribution in [0.25, 0.3) is 10.9 Å². The van der Waals surface area contributed by atoms with Gasteiger partial charge in [0.15, 0.2) is 0 Å². The summed E-state index contributed by atoms with van der Waals surface area (Å²) < 4.78 is 5.84. The van der Waals surface area contributed by atoms with E-state index in [0.29, 0.717) is 17.1 Å². The number of fused-ring (bicyclic) bond motifs is 1. The molecule has 0 aliphatic heterocycles. The van der Waals surface area contributed by atoms with Crippen LogP contribution >= 0.6 is 0 Å². The van der Waals surface area contributed by atoms with Crippen molar-refractivity contribution in [1.29, 1.82) is 10.5 Å². The predicted octanol–water partition coefficient (Wildman–Crippen LogP) is 3.77. The first kappa shape index (κ1) is 12.7. The molecule has 0 fully saturated rings. The largest absolute Gasteiger partial charge is 0.455 e. The zero-order chi connectivity index (χ0) is 14.7. The first-order valence-electron chi connectivity index (χ1n) is 6.28. The average molecular weight is 271 g/mol. The molecule has 98 valence electrons. The molecule has 0 radical (unpaired) electrons. The van der Waals surface area contributed by atoms with Gasteiger partial charge in [-0.3, -0.25) is 4.98 Å². The Kier molecular flexibility index (Phi) is 3.21. The number of para-hydroxylation sites is 1. The van der Waals surface area contributed by atoms with Crippen LogP contribution in [-0.2, 0) is 0 Å². The second-order valence-corrected chi connectivity index (χ2v) is 4.33. The number of rotatable bonds is 2. The fourth-order valence-corrected chi connectivity index (χ4v) is 2.10. The maximum atomic E-state index is 9.23. The molecule has 3 rings (SSSR count). The number of hydrogen-bond donors (Lipinski definition) is 0. The van der Waals surface area contributed by atoms with Crippen molar-refractivity contribution in [1.82, 2.24) is 4.98 Å². The molecule has 1 heterocycles. The van der Waals surface area contributed by atoms with E-state index in [2.05, 4.69) is 4.98 Å². The highest BCUT2D eigenvalue weighted by atomic mass is 16.5. The van der Waals surface area contributed by atoms with Crippen molar-refractivity contribution in [3.63, 3.8) is 0 Å². The topological polar surface area (TPSA) is 69.7 Å². The summed E-state index contributed by atoms with van der Waals surface area (Å²) in [6.45, 7) is 0. The van der Waals surface area contributed by atoms with Crippen LogP contribution in [0, 0.1) is 22.7 Å². The normalized spacial score (nSPS) is 9.81. The molecule has 4 heteroatoms. The molecule has 21 heavy (non-hydrogen) atoms. The van der Waals surface area contributed by atoms with Gasteiger partial charge in [0.25, 0.3) is 0 Å². The summed E-state index contributed by atoms with van der Waals surface area (Å²) in [6, 6.07) is 18.3. The van der Waals surface area contributed by atoms with E-state index in [1.165, 1.54) is 0 Å². The Morgan fingerprint density at radius 2 is 1.71 bits per heavy atom. The van der Waals surface area contributed by atoms with E-state index in [4.69, 9.17) is 10.00 Å². The molecule has 0 spiro atoms. The molecule has 2 aromatic carbocycles. The van der Waals surface area contributed by atoms with E-state index in [9.17, 15) is 5.26 Å². The average Bonchev–Trinajstić information content (AvgIpc) is 2.55. The van der Waals surface area contributed by atoms with Crippen molar-refractivity contribution < 1.29 is 4.74 Å². The minimum atomic E-state index is 0.237. The molecule has 0 amide bonds. The first-order chi connectivity index (χ1) is 10.3. The van der Waals surface area contributed by atoms with Gasteiger partial charge >= 0.3 is 0 Å². The summed E-state index contributed by atoms with van der Waals surface area (Å²) in [6.07, 6.45) is 1.65. The van der Waals surface area contributed by atoms with E-state index in [0.717, 1.165) is 10.9 Å². The van der Waals surface area contributed by atoms with Gasteiger partial charge in [-0.2, -0.15) is 10.5 Å². The van der Waals surface area contributed by atoms with Crippen molar-refractivity contribution in [2.24, 2.45) is 0 Å². The van der Waals surface area contributed by atoms with Crippen LogP contribution in [-0.4, -0.2) is 4.98 Å². The third-order valence-corrected chi connectivity index (χ3v) is 3.09. The van der Waals surface area contributed by atoms with Crippen molar-refractivity contribution >= 4 is 10.9 Å². The fraction of sp³-hybridized carbons (Fsp3) is 0. The van der Waals surface area contributed by atoms with Gasteiger partial charge in [0.2, 0.25) is 0 Å². The van der Waals surface area contributed by atoms with Crippen LogP contribution in [0.15, 0.2) is 54.7 Å². The maximum Gasteiger partial charge on any atom is 0.146 e. The van der Waals surface area contributed by atoms with Gasteiger partial charge in [-0.15, -0.1) is 0 Å². The summed E-state index contributed by atoms with van der Waals surface area (Å²) in [5.41, 5.74) is 1.35. The lowest BCUT2D eigenvalue weighted by molar-refractivity contribution is 0.486. The smallest absolute Gasteiger partial charge is 0.146 e. The summed E-state index contributed by atoms with van der Waals surface area (Å²) in [7, 11) is 0. The Hall–Kier alpha value is -3.37. The molecule has 0 saturated heterocycles. The standard InChI is InChI=1S/C17H9N3O/c18-10-12-4-3-7-16(14(12)11-19)21-17-8-9-20-15-6-2-1-5-13(15)17/h1-9H. The first-order valence-corrected chi connectivity index (χ1v) is 6.28. The van der Waals surface area contributed by atoms with Crippen molar-refractivity contribution in [3.05, 3.63) is 65.9 Å². The molecule has 0 aliphatic carbocycles. The number of nitrogens with zero attached hydrogens (tertiary/aromatic N) is 3. The molecule has 3 aromatic rings. The third-order valence-electron chi connectivity index (χ3n) is 3.09. The van der Waals surface area contributed by atoms with E-state index in [-0.39, 0.29) is 5.56 Å². The van der Waals surface area contributed by atoms with Crippen LogP contribution in [0.4, 0.5) is 0 Å². The highest BCUT2D eigenvalue weighted by Crippen LogP contribution is 2.31. The summed E-state index contributed by atoms with van der Waals surface area (Å²) in [4.78, 5) is 4.26. The molecule has 0 aliphatic rings. The van der Waals surface area contributed by atoms with Gasteiger partial charge < -0.3 is 4.74 Å². The molecule has 0 bridgehead atoms. The van der Waals surface area contributed by atoms with Crippen molar-refractivity contribution in [2.45, 2.75) is 0 Å². The number of pyridine rings is 1. The molecule has 0 N–H and O–H groups in total. The van der Waals surface area contributed by atoms with Gasteiger partial charge in [-0.05, 0) is 30.3 Å². The maximum absolute atomic E-state index is 9.23. The molecule has 0 unspecified atom stereocenters. The van der Waals surface area contributed by atoms with Gasteiger partial charge in [0.1, 0.15) is 29.2 Å². The van der Waals surface area contributed by atoms with Gasteiger partial charge in [-0.1, -0.05) is 18.2 Å². The number of benzene rings is 2. The SMILES string of the molecule is N#Cc1cccc(Oc2ccnc3ccccc23)c1C#N. The zero-order valence-electron chi connectivity index (χ0n) is 10.9. The zero-order valence-corrected chi connectivity index (χ0v) is 10.9. The fourth-order valence-electron chi connectivity index (χ4n) is 2.10. The minimum absolute atomic E-state index is 0.237. The molecule has 0 saturated carbocycles. The van der Waals surface area contributed by atoms with Crippen LogP contribution in [0.1, 0.15) is 11.1 Å². The summed E-state index contributed by atoms with van der Waals surface area (Å²) in [5, 5.41) is 19.1. The monoisotopic (exact) mass is 271 g/mol. The Balaban J connectivity index is 2.12. The second-order valence-electron chi connectivity index (χ2n) is 4.33. The van der Waals surface area contributed by atoms with E-state index in [1.807, 2.05) is 36.4 Å². The van der Waals surface area contributed by atoms with Crippen molar-refractivity contribution in [2.75, 3.05) is 0 Å². The van der Waals surface area contributed by atoms with Gasteiger partial charge in [0.05, 0.1) is 11.1 Å². The van der Waals surface area contributed by atoms with E-state index >= 15 is 0 Å². The molecule has 1 aromatic heterocycles. The summed E-state index contributed by atoms with van der Waals surface area (Å²) >= 11 is 0. The van der Waals surface area contributed by atoms with Crippen LogP contribution in [0.2, 0.25) is 0 Å². The highest BCUT2D eigenvalue weighted by Gasteiger charge is 2.11. The molecular weight excluding hydrogens is 262 g/mol. The van der Waals surface area contributed by atoms with Crippen LogP contribution < -0.4 is 4.74 Å². The third kappa shape index (κ3) is 2.27. The minimum Gasteiger partial charge on any atom is -0.455 e. The lowest BCUT2D eigenvalue weighted by Crippen LogP contribution is -1.92. The second kappa shape index (κ2) is 5.32. The van der Waals surface area contributed by atoms with Crippen LogP contribution in [0.5, 0.6) is 11.5 Å². The molecule has 0 atom stereocenters. The van der Waals surface area contributed by atoms with E-state index < -0.39 is 0 Å². The quantitative estimate of drug-likeness (QED) is 0.711. The highest BCUT2D eigenvalue weighted by molar-refractivity contribution is 5.85. The number of ether oxygens (including phenoxy) is 1. The lowest BCUT2D eigenvalue weighted by atomic mass is 10.1.